The summed E-state index contributed by atoms with van der Waals surface area (Å²) in [6.07, 6.45) is 0.421. The molecule has 0 aromatic carbocycles. The summed E-state index contributed by atoms with van der Waals surface area (Å²) < 4.78 is 20.3. The summed E-state index contributed by atoms with van der Waals surface area (Å²) in [5.74, 6) is -2.49. The van der Waals surface area contributed by atoms with E-state index < -0.39 is 11.9 Å². The molecule has 168 valence electrons. The van der Waals surface area contributed by atoms with Crippen LogP contribution in [0, 0.1) is 0 Å². The molecule has 0 unspecified atom stereocenters. The first-order chi connectivity index (χ1) is 13.9. The smallest absolute Gasteiger partial charge is 0.329 e. The third-order valence-corrected chi connectivity index (χ3v) is 3.13. The summed E-state index contributed by atoms with van der Waals surface area (Å²) in [4.78, 5) is 43.4. The summed E-state index contributed by atoms with van der Waals surface area (Å²) in [6.45, 7) is 1.56. The topological polar surface area (TPSA) is 170 Å². The summed E-state index contributed by atoms with van der Waals surface area (Å²) >= 11 is 0. The van der Waals surface area contributed by atoms with Crippen molar-refractivity contribution in [3.8, 4) is 0 Å². The third kappa shape index (κ3) is 21.9. The van der Waals surface area contributed by atoms with Gasteiger partial charge in [-0.2, -0.15) is 0 Å². The van der Waals surface area contributed by atoms with Crippen molar-refractivity contribution in [3.05, 3.63) is 0 Å². The number of ether oxygens (including phenoxy) is 4. The Kier molecular flexibility index (Phi) is 17.6. The maximum Gasteiger partial charge on any atom is 0.329 e. The number of hydrogen-bond donors (Lipinski definition) is 4. The number of carboxylic acids is 2. The highest BCUT2D eigenvalue weighted by atomic mass is 16.5. The van der Waals surface area contributed by atoms with E-state index in [0.29, 0.717) is 19.5 Å². The summed E-state index contributed by atoms with van der Waals surface area (Å²) in [6, 6.07) is 0. The molecule has 0 fully saturated rings. The van der Waals surface area contributed by atoms with Gasteiger partial charge in [-0.1, -0.05) is 0 Å². The van der Waals surface area contributed by atoms with Crippen LogP contribution in [0.2, 0.25) is 0 Å². The van der Waals surface area contributed by atoms with Gasteiger partial charge in [-0.3, -0.25) is 14.4 Å². The number of carbonyl (C=O) groups is 4. The summed E-state index contributed by atoms with van der Waals surface area (Å²) in [5, 5.41) is 22.0. The molecule has 0 aliphatic carbocycles. The Hall–Kier alpha value is -2.28. The van der Waals surface area contributed by atoms with Crippen molar-refractivity contribution in [1.29, 1.82) is 0 Å². The molecule has 0 heterocycles. The first-order valence-electron chi connectivity index (χ1n) is 9.19. The lowest BCUT2D eigenvalue weighted by atomic mass is 10.2. The fourth-order valence-corrected chi connectivity index (χ4v) is 1.83. The van der Waals surface area contributed by atoms with Gasteiger partial charge in [-0.05, 0) is 6.42 Å². The highest BCUT2D eigenvalue weighted by Crippen LogP contribution is 1.94. The number of nitrogens with one attached hydrogen (secondary N) is 2. The second-order valence-corrected chi connectivity index (χ2v) is 5.67. The van der Waals surface area contributed by atoms with Crippen LogP contribution in [0.4, 0.5) is 0 Å². The van der Waals surface area contributed by atoms with Crippen molar-refractivity contribution in [1.82, 2.24) is 10.6 Å². The van der Waals surface area contributed by atoms with Gasteiger partial charge >= 0.3 is 11.9 Å². The van der Waals surface area contributed by atoms with E-state index in [0.717, 1.165) is 0 Å². The minimum atomic E-state index is -1.04. The number of carboxylic acid groups (broad SMARTS) is 2. The first-order valence-corrected chi connectivity index (χ1v) is 9.19. The van der Waals surface area contributed by atoms with Gasteiger partial charge < -0.3 is 39.8 Å². The molecule has 0 saturated heterocycles. The summed E-state index contributed by atoms with van der Waals surface area (Å²) in [7, 11) is 0. The second-order valence-electron chi connectivity index (χ2n) is 5.67. The predicted octanol–water partition coefficient (Wildman–Crippen LogP) is -1.38. The number of hydrogen-bond acceptors (Lipinski definition) is 8. The van der Waals surface area contributed by atoms with Gasteiger partial charge in [0.1, 0.15) is 13.2 Å². The number of amides is 2. The Bertz CT molecular complexity index is 487. The van der Waals surface area contributed by atoms with Crippen molar-refractivity contribution in [2.75, 3.05) is 65.9 Å². The standard InChI is InChI=1S/C17H30N2O10/c20-14(2-1-3-16(22)23)18-4-6-26-8-10-28-12-15(21)19-5-7-27-9-11-29-13-17(24)25/h1-13H2,(H,18,20)(H,19,21)(H,22,23)(H,24,25). The number of rotatable bonds is 20. The van der Waals surface area contributed by atoms with Crippen LogP contribution in [0.3, 0.4) is 0 Å². The number of aliphatic carboxylic acids is 2. The Morgan fingerprint density at radius 1 is 0.586 bits per heavy atom. The molecule has 0 rings (SSSR count). The lowest BCUT2D eigenvalue weighted by Gasteiger charge is -2.08. The molecule has 0 aliphatic rings. The van der Waals surface area contributed by atoms with Crippen LogP contribution in [-0.4, -0.2) is 99.9 Å². The first kappa shape index (κ1) is 26.7. The van der Waals surface area contributed by atoms with Crippen molar-refractivity contribution >= 4 is 23.8 Å². The zero-order valence-corrected chi connectivity index (χ0v) is 16.4. The summed E-state index contributed by atoms with van der Waals surface area (Å²) in [5.41, 5.74) is 0. The lowest BCUT2D eigenvalue weighted by Crippen LogP contribution is -2.31. The molecule has 12 nitrogen and oxygen atoms in total. The predicted molar refractivity (Wildman–Crippen MR) is 98.4 cm³/mol. The molecule has 0 aromatic heterocycles. The molecule has 0 saturated carbocycles. The van der Waals surface area contributed by atoms with E-state index in [-0.39, 0.29) is 77.5 Å². The molecule has 4 N–H and O–H groups in total. The minimum absolute atomic E-state index is 0.0363. The zero-order valence-electron chi connectivity index (χ0n) is 16.4. The molecule has 0 spiro atoms. The molecule has 2 amide bonds. The fraction of sp³-hybridized carbons (Fsp3) is 0.765. The van der Waals surface area contributed by atoms with E-state index in [1.807, 2.05) is 0 Å². The van der Waals surface area contributed by atoms with Crippen LogP contribution in [0.25, 0.3) is 0 Å². The zero-order chi connectivity index (χ0) is 21.7. The van der Waals surface area contributed by atoms with Crippen molar-refractivity contribution in [2.45, 2.75) is 19.3 Å². The highest BCUT2D eigenvalue weighted by Gasteiger charge is 2.04. The SMILES string of the molecule is O=C(O)CCCC(=O)NCCOCCOCC(=O)NCCOCCOCC(=O)O. The Balaban J connectivity index is 3.30. The Labute approximate surface area is 168 Å². The van der Waals surface area contributed by atoms with Crippen molar-refractivity contribution < 1.29 is 48.3 Å². The third-order valence-electron chi connectivity index (χ3n) is 3.13. The molecular weight excluding hydrogens is 392 g/mol. The van der Waals surface area contributed by atoms with Gasteiger partial charge in [0.2, 0.25) is 11.8 Å². The average Bonchev–Trinajstić information content (AvgIpc) is 2.65. The Morgan fingerprint density at radius 2 is 1.10 bits per heavy atom. The Morgan fingerprint density at radius 3 is 1.66 bits per heavy atom. The highest BCUT2D eigenvalue weighted by molar-refractivity contribution is 5.77. The van der Waals surface area contributed by atoms with Gasteiger partial charge in [0.25, 0.3) is 0 Å². The minimum Gasteiger partial charge on any atom is -0.481 e. The van der Waals surface area contributed by atoms with Gasteiger partial charge in [0.05, 0.1) is 39.6 Å². The maximum absolute atomic E-state index is 11.5. The van der Waals surface area contributed by atoms with Crippen molar-refractivity contribution in [3.63, 3.8) is 0 Å². The van der Waals surface area contributed by atoms with E-state index in [9.17, 15) is 19.2 Å². The van der Waals surface area contributed by atoms with Gasteiger partial charge in [0, 0.05) is 25.9 Å². The van der Waals surface area contributed by atoms with Crippen LogP contribution >= 0.6 is 0 Å². The molecule has 0 aliphatic heterocycles. The molecule has 12 heteroatoms. The van der Waals surface area contributed by atoms with E-state index >= 15 is 0 Å². The van der Waals surface area contributed by atoms with E-state index in [1.165, 1.54) is 0 Å². The fourth-order valence-electron chi connectivity index (χ4n) is 1.83. The second kappa shape index (κ2) is 19.1. The van der Waals surface area contributed by atoms with Gasteiger partial charge in [-0.15, -0.1) is 0 Å². The van der Waals surface area contributed by atoms with Crippen LogP contribution in [-0.2, 0) is 38.1 Å². The molecule has 0 bridgehead atoms. The molecule has 0 aromatic rings. The average molecular weight is 422 g/mol. The van der Waals surface area contributed by atoms with Crippen molar-refractivity contribution in [2.24, 2.45) is 0 Å². The molecule has 0 radical (unpaired) electrons. The number of carbonyl (C=O) groups excluding carboxylic acids is 2. The van der Waals surface area contributed by atoms with Crippen LogP contribution in [0.1, 0.15) is 19.3 Å². The molecular formula is C17H30N2O10. The molecule has 0 atom stereocenters. The van der Waals surface area contributed by atoms with Crippen LogP contribution in [0.15, 0.2) is 0 Å². The van der Waals surface area contributed by atoms with Crippen LogP contribution in [0.5, 0.6) is 0 Å². The van der Waals surface area contributed by atoms with Crippen LogP contribution < -0.4 is 10.6 Å². The van der Waals surface area contributed by atoms with Gasteiger partial charge in [-0.25, -0.2) is 4.79 Å². The maximum atomic E-state index is 11.5. The quantitative estimate of drug-likeness (QED) is 0.172. The largest absolute Gasteiger partial charge is 0.481 e. The normalized spacial score (nSPS) is 10.5. The lowest BCUT2D eigenvalue weighted by molar-refractivity contribution is -0.143. The molecule has 29 heavy (non-hydrogen) atoms. The van der Waals surface area contributed by atoms with Gasteiger partial charge in [0.15, 0.2) is 0 Å². The van der Waals surface area contributed by atoms with E-state index in [2.05, 4.69) is 10.6 Å². The van der Waals surface area contributed by atoms with E-state index in [1.54, 1.807) is 0 Å². The monoisotopic (exact) mass is 422 g/mol. The van der Waals surface area contributed by atoms with E-state index in [4.69, 9.17) is 29.2 Å².